The molecule has 2 unspecified atom stereocenters. The largest absolute Gasteiger partial charge is 0.316 e. The fraction of sp³-hybridized carbons (Fsp3) is 0.333. The molecule has 0 aliphatic carbocycles. The maximum absolute atomic E-state index is 6.44. The minimum absolute atomic E-state index is 0.470. The van der Waals surface area contributed by atoms with Crippen LogP contribution in [0, 0.1) is 5.92 Å². The van der Waals surface area contributed by atoms with E-state index in [1.54, 1.807) is 0 Å². The van der Waals surface area contributed by atoms with E-state index in [9.17, 15) is 0 Å². The van der Waals surface area contributed by atoms with Crippen LogP contribution in [0.2, 0.25) is 10.0 Å². The normalized spacial score (nSPS) is 22.2. The van der Waals surface area contributed by atoms with E-state index in [0.29, 0.717) is 16.9 Å². The van der Waals surface area contributed by atoms with Crippen LogP contribution in [0.5, 0.6) is 0 Å². The number of hydrogen-bond acceptors (Lipinski definition) is 1. The highest BCUT2D eigenvalue weighted by atomic mass is 35.5. The summed E-state index contributed by atoms with van der Waals surface area (Å²) < 4.78 is 0. The van der Waals surface area contributed by atoms with Crippen LogP contribution in [0.3, 0.4) is 0 Å². The third-order valence-electron chi connectivity index (χ3n) is 4.33. The molecule has 1 aliphatic heterocycles. The Morgan fingerprint density at radius 1 is 1.00 bits per heavy atom. The van der Waals surface area contributed by atoms with Crippen molar-refractivity contribution in [2.24, 2.45) is 5.92 Å². The van der Waals surface area contributed by atoms with Crippen LogP contribution in [0.25, 0.3) is 0 Å². The summed E-state index contributed by atoms with van der Waals surface area (Å²) in [6.45, 7) is 2.07. The highest BCUT2D eigenvalue weighted by Gasteiger charge is 2.28. The summed E-state index contributed by atoms with van der Waals surface area (Å²) in [7, 11) is 0. The number of benzene rings is 2. The molecule has 1 N–H and O–H groups in total. The molecule has 3 rings (SSSR count). The van der Waals surface area contributed by atoms with Crippen molar-refractivity contribution in [2.45, 2.75) is 18.8 Å². The number of hydrogen-bond donors (Lipinski definition) is 1. The second kappa shape index (κ2) is 6.83. The molecule has 1 aliphatic rings. The molecule has 2 aromatic carbocycles. The van der Waals surface area contributed by atoms with Crippen molar-refractivity contribution in [3.8, 4) is 0 Å². The van der Waals surface area contributed by atoms with Gasteiger partial charge in [0.2, 0.25) is 0 Å². The zero-order chi connectivity index (χ0) is 14.7. The topological polar surface area (TPSA) is 12.0 Å². The zero-order valence-corrected chi connectivity index (χ0v) is 13.4. The van der Waals surface area contributed by atoms with Gasteiger partial charge in [0, 0.05) is 0 Å². The van der Waals surface area contributed by atoms with Crippen LogP contribution in [0.1, 0.15) is 23.5 Å². The van der Waals surface area contributed by atoms with Gasteiger partial charge in [0.05, 0.1) is 10.0 Å². The van der Waals surface area contributed by atoms with Gasteiger partial charge in [-0.15, -0.1) is 0 Å². The van der Waals surface area contributed by atoms with Crippen molar-refractivity contribution in [2.75, 3.05) is 13.1 Å². The lowest BCUT2D eigenvalue weighted by Crippen LogP contribution is -2.36. The van der Waals surface area contributed by atoms with E-state index in [2.05, 4.69) is 41.7 Å². The fourth-order valence-electron chi connectivity index (χ4n) is 3.27. The van der Waals surface area contributed by atoms with Crippen molar-refractivity contribution in [3.05, 3.63) is 69.7 Å². The predicted molar refractivity (Wildman–Crippen MR) is 90.3 cm³/mol. The monoisotopic (exact) mass is 319 g/mol. The lowest BCUT2D eigenvalue weighted by Gasteiger charge is -2.33. The lowest BCUT2D eigenvalue weighted by molar-refractivity contribution is 0.324. The van der Waals surface area contributed by atoms with Crippen LogP contribution in [0.15, 0.2) is 48.5 Å². The molecule has 0 bridgehead atoms. The van der Waals surface area contributed by atoms with Crippen molar-refractivity contribution in [3.63, 3.8) is 0 Å². The maximum atomic E-state index is 6.44. The van der Waals surface area contributed by atoms with Crippen LogP contribution in [0.4, 0.5) is 0 Å². The van der Waals surface area contributed by atoms with Crippen LogP contribution < -0.4 is 5.32 Å². The second-order valence-electron chi connectivity index (χ2n) is 5.69. The molecule has 1 saturated heterocycles. The first-order valence-electron chi connectivity index (χ1n) is 7.44. The van der Waals surface area contributed by atoms with E-state index < -0.39 is 0 Å². The standard InChI is InChI=1S/C18H19Cl2N/c19-17-8-4-7-16(18(17)20)15-9-10-21-12-14(15)11-13-5-2-1-3-6-13/h1-8,14-15,21H,9-12H2. The second-order valence-corrected chi connectivity index (χ2v) is 6.48. The smallest absolute Gasteiger partial charge is 0.0627 e. The van der Waals surface area contributed by atoms with E-state index in [0.717, 1.165) is 31.0 Å². The molecule has 2 atom stereocenters. The first-order chi connectivity index (χ1) is 10.3. The Balaban J connectivity index is 1.86. The fourth-order valence-corrected chi connectivity index (χ4v) is 3.72. The number of piperidine rings is 1. The molecular weight excluding hydrogens is 301 g/mol. The van der Waals surface area contributed by atoms with E-state index >= 15 is 0 Å². The zero-order valence-electron chi connectivity index (χ0n) is 11.9. The third kappa shape index (κ3) is 3.42. The summed E-state index contributed by atoms with van der Waals surface area (Å²) in [5.74, 6) is 1.02. The predicted octanol–water partition coefficient (Wildman–Crippen LogP) is 4.93. The van der Waals surface area contributed by atoms with E-state index in [1.807, 2.05) is 12.1 Å². The average Bonchev–Trinajstić information content (AvgIpc) is 2.52. The van der Waals surface area contributed by atoms with Crippen LogP contribution in [-0.2, 0) is 6.42 Å². The van der Waals surface area contributed by atoms with Crippen molar-refractivity contribution >= 4 is 23.2 Å². The molecule has 21 heavy (non-hydrogen) atoms. The molecule has 0 saturated carbocycles. The molecule has 0 amide bonds. The SMILES string of the molecule is Clc1cccc(C2CCNCC2Cc2ccccc2)c1Cl. The molecule has 0 spiro atoms. The summed E-state index contributed by atoms with van der Waals surface area (Å²) in [6, 6.07) is 16.7. The number of rotatable bonds is 3. The van der Waals surface area contributed by atoms with Gasteiger partial charge in [0.25, 0.3) is 0 Å². The van der Waals surface area contributed by atoms with E-state index in [4.69, 9.17) is 23.2 Å². The molecule has 1 heterocycles. The average molecular weight is 320 g/mol. The highest BCUT2D eigenvalue weighted by molar-refractivity contribution is 6.42. The Bertz CT molecular complexity index is 597. The number of halogens is 2. The molecule has 0 aromatic heterocycles. The molecule has 1 fully saturated rings. The van der Waals surface area contributed by atoms with Gasteiger partial charge >= 0.3 is 0 Å². The van der Waals surface area contributed by atoms with Gasteiger partial charge in [-0.25, -0.2) is 0 Å². The molecule has 3 heteroatoms. The molecule has 110 valence electrons. The van der Waals surface area contributed by atoms with Gasteiger partial charge in [-0.3, -0.25) is 0 Å². The highest BCUT2D eigenvalue weighted by Crippen LogP contribution is 2.38. The third-order valence-corrected chi connectivity index (χ3v) is 5.16. The van der Waals surface area contributed by atoms with Gasteiger partial charge in [0.15, 0.2) is 0 Å². The van der Waals surface area contributed by atoms with Gasteiger partial charge in [-0.05, 0) is 55.0 Å². The Morgan fingerprint density at radius 3 is 2.62 bits per heavy atom. The van der Waals surface area contributed by atoms with Gasteiger partial charge in [-0.1, -0.05) is 65.7 Å². The molecule has 0 radical (unpaired) electrons. The van der Waals surface area contributed by atoms with Gasteiger partial charge in [0.1, 0.15) is 0 Å². The summed E-state index contributed by atoms with van der Waals surface area (Å²) in [6.07, 6.45) is 2.18. The maximum Gasteiger partial charge on any atom is 0.0627 e. The minimum Gasteiger partial charge on any atom is -0.316 e. The summed E-state index contributed by atoms with van der Waals surface area (Å²) in [5, 5.41) is 4.90. The summed E-state index contributed by atoms with van der Waals surface area (Å²) in [5.41, 5.74) is 2.58. The molecule has 2 aromatic rings. The Hall–Kier alpha value is -1.02. The minimum atomic E-state index is 0.470. The molecule has 1 nitrogen and oxygen atoms in total. The van der Waals surface area contributed by atoms with Crippen LogP contribution >= 0.6 is 23.2 Å². The van der Waals surface area contributed by atoms with Crippen molar-refractivity contribution in [1.82, 2.24) is 5.32 Å². The number of nitrogens with one attached hydrogen (secondary N) is 1. The van der Waals surface area contributed by atoms with Crippen molar-refractivity contribution < 1.29 is 0 Å². The Kier molecular flexibility index (Phi) is 4.84. The quantitative estimate of drug-likeness (QED) is 0.845. The Morgan fingerprint density at radius 2 is 1.81 bits per heavy atom. The van der Waals surface area contributed by atoms with Crippen molar-refractivity contribution in [1.29, 1.82) is 0 Å². The Labute approximate surface area is 136 Å². The first kappa shape index (κ1) is 14.9. The van der Waals surface area contributed by atoms with E-state index in [-0.39, 0.29) is 0 Å². The van der Waals surface area contributed by atoms with E-state index in [1.165, 1.54) is 11.1 Å². The molecular formula is C18H19Cl2N. The van der Waals surface area contributed by atoms with Crippen LogP contribution in [-0.4, -0.2) is 13.1 Å². The lowest BCUT2D eigenvalue weighted by atomic mass is 9.78. The van der Waals surface area contributed by atoms with Gasteiger partial charge < -0.3 is 5.32 Å². The first-order valence-corrected chi connectivity index (χ1v) is 8.20. The van der Waals surface area contributed by atoms with Gasteiger partial charge in [-0.2, -0.15) is 0 Å². The summed E-state index contributed by atoms with van der Waals surface area (Å²) in [4.78, 5) is 0. The summed E-state index contributed by atoms with van der Waals surface area (Å²) >= 11 is 12.6.